The Labute approximate surface area is 80.5 Å². The normalized spacial score (nSPS) is 10.2. The van der Waals surface area contributed by atoms with Gasteiger partial charge in [0.2, 0.25) is 0 Å². The second-order valence-electron chi connectivity index (χ2n) is 2.71. The number of aromatic nitrogens is 2. The first-order valence-corrected chi connectivity index (χ1v) is 4.20. The van der Waals surface area contributed by atoms with Gasteiger partial charge in [-0.2, -0.15) is 5.10 Å². The summed E-state index contributed by atoms with van der Waals surface area (Å²) in [5.41, 5.74) is 8.14. The lowest BCUT2D eigenvalue weighted by Gasteiger charge is -1.98. The minimum atomic E-state index is 0.641. The van der Waals surface area contributed by atoms with Crippen LogP contribution in [0.3, 0.4) is 0 Å². The minimum absolute atomic E-state index is 0.641. The number of hydrogen-bond donors (Lipinski definition) is 2. The lowest BCUT2D eigenvalue weighted by atomic mass is 10.1. The summed E-state index contributed by atoms with van der Waals surface area (Å²) >= 11 is 5.76. The van der Waals surface area contributed by atoms with Crippen molar-refractivity contribution >= 4 is 17.3 Å². The van der Waals surface area contributed by atoms with Gasteiger partial charge < -0.3 is 5.73 Å². The van der Waals surface area contributed by atoms with Crippen molar-refractivity contribution in [3.05, 3.63) is 35.5 Å². The van der Waals surface area contributed by atoms with Crippen molar-refractivity contribution < 1.29 is 0 Å². The van der Waals surface area contributed by atoms with Crippen molar-refractivity contribution in [2.45, 2.75) is 0 Å². The van der Waals surface area contributed by atoms with Gasteiger partial charge in [-0.1, -0.05) is 23.7 Å². The van der Waals surface area contributed by atoms with E-state index < -0.39 is 0 Å². The van der Waals surface area contributed by atoms with Gasteiger partial charge in [-0.25, -0.2) is 0 Å². The maximum absolute atomic E-state index is 5.76. The van der Waals surface area contributed by atoms with Gasteiger partial charge in [-0.3, -0.25) is 5.10 Å². The van der Waals surface area contributed by atoms with Crippen LogP contribution in [0.4, 0.5) is 5.69 Å². The molecule has 2 rings (SSSR count). The summed E-state index contributed by atoms with van der Waals surface area (Å²) in [6.45, 7) is 0. The quantitative estimate of drug-likeness (QED) is 0.730. The Hall–Kier alpha value is -1.48. The molecular weight excluding hydrogens is 186 g/mol. The smallest absolute Gasteiger partial charge is 0.0879 e. The number of halogens is 1. The Balaban J connectivity index is 2.47. The molecule has 66 valence electrons. The van der Waals surface area contributed by atoms with Gasteiger partial charge in [0.15, 0.2) is 0 Å². The second-order valence-corrected chi connectivity index (χ2v) is 3.14. The fourth-order valence-electron chi connectivity index (χ4n) is 1.14. The minimum Gasteiger partial charge on any atom is -0.396 e. The van der Waals surface area contributed by atoms with E-state index in [0.717, 1.165) is 11.3 Å². The molecule has 0 bridgehead atoms. The molecule has 0 spiro atoms. The van der Waals surface area contributed by atoms with Crippen molar-refractivity contribution in [3.63, 3.8) is 0 Å². The van der Waals surface area contributed by atoms with Crippen LogP contribution in [-0.2, 0) is 0 Å². The Kier molecular flexibility index (Phi) is 1.94. The topological polar surface area (TPSA) is 54.7 Å². The van der Waals surface area contributed by atoms with Gasteiger partial charge >= 0.3 is 0 Å². The van der Waals surface area contributed by atoms with E-state index in [1.165, 1.54) is 0 Å². The number of nitrogens with zero attached hydrogens (tertiary/aromatic N) is 1. The molecule has 4 heteroatoms. The van der Waals surface area contributed by atoms with Gasteiger partial charge in [-0.05, 0) is 12.1 Å². The summed E-state index contributed by atoms with van der Waals surface area (Å²) in [4.78, 5) is 0. The number of hydrogen-bond acceptors (Lipinski definition) is 2. The van der Waals surface area contributed by atoms with Crippen molar-refractivity contribution in [1.82, 2.24) is 10.2 Å². The van der Waals surface area contributed by atoms with Gasteiger partial charge in [0.25, 0.3) is 0 Å². The standard InChI is InChI=1S/C9H8ClN3/c10-7-3-1-6(2-4-7)9-8(11)5-12-13-9/h1-5H,11H2,(H,12,13). The molecule has 0 unspecified atom stereocenters. The van der Waals surface area contributed by atoms with E-state index in [1.54, 1.807) is 6.20 Å². The summed E-state index contributed by atoms with van der Waals surface area (Å²) in [5, 5.41) is 7.37. The number of anilines is 1. The molecule has 0 saturated heterocycles. The van der Waals surface area contributed by atoms with Crippen LogP contribution >= 0.6 is 11.6 Å². The lowest BCUT2D eigenvalue weighted by Crippen LogP contribution is -1.85. The number of aromatic amines is 1. The van der Waals surface area contributed by atoms with Crippen LogP contribution in [0, 0.1) is 0 Å². The number of rotatable bonds is 1. The van der Waals surface area contributed by atoms with E-state index in [1.807, 2.05) is 24.3 Å². The molecule has 13 heavy (non-hydrogen) atoms. The van der Waals surface area contributed by atoms with Crippen LogP contribution in [0.5, 0.6) is 0 Å². The molecule has 3 nitrogen and oxygen atoms in total. The van der Waals surface area contributed by atoms with E-state index in [0.29, 0.717) is 10.7 Å². The molecule has 0 aliphatic rings. The van der Waals surface area contributed by atoms with E-state index in [2.05, 4.69) is 10.2 Å². The monoisotopic (exact) mass is 193 g/mol. The predicted octanol–water partition coefficient (Wildman–Crippen LogP) is 2.31. The molecule has 0 saturated carbocycles. The van der Waals surface area contributed by atoms with Crippen molar-refractivity contribution in [1.29, 1.82) is 0 Å². The van der Waals surface area contributed by atoms with E-state index in [9.17, 15) is 0 Å². The highest BCUT2D eigenvalue weighted by Crippen LogP contribution is 2.23. The van der Waals surface area contributed by atoms with E-state index in [-0.39, 0.29) is 0 Å². The molecule has 0 aliphatic heterocycles. The number of benzene rings is 1. The van der Waals surface area contributed by atoms with Crippen LogP contribution in [0.25, 0.3) is 11.3 Å². The zero-order valence-corrected chi connectivity index (χ0v) is 7.55. The number of H-pyrrole nitrogens is 1. The number of nitrogens with two attached hydrogens (primary N) is 1. The van der Waals surface area contributed by atoms with Gasteiger partial charge in [0, 0.05) is 10.6 Å². The highest BCUT2D eigenvalue weighted by atomic mass is 35.5. The van der Waals surface area contributed by atoms with E-state index in [4.69, 9.17) is 17.3 Å². The first kappa shape index (κ1) is 8.13. The van der Waals surface area contributed by atoms with Gasteiger partial charge in [-0.15, -0.1) is 0 Å². The summed E-state index contributed by atoms with van der Waals surface area (Å²) in [5.74, 6) is 0. The average Bonchev–Trinajstić information content (AvgIpc) is 2.53. The maximum atomic E-state index is 5.76. The SMILES string of the molecule is Nc1cn[nH]c1-c1ccc(Cl)cc1. The fourth-order valence-corrected chi connectivity index (χ4v) is 1.27. The zero-order valence-electron chi connectivity index (χ0n) is 6.79. The summed E-state index contributed by atoms with van der Waals surface area (Å²) < 4.78 is 0. The molecular formula is C9H8ClN3. The number of nitrogens with one attached hydrogen (secondary N) is 1. The van der Waals surface area contributed by atoms with Crippen LogP contribution < -0.4 is 5.73 Å². The molecule has 0 amide bonds. The Bertz CT molecular complexity index is 405. The Morgan fingerprint density at radius 1 is 1.23 bits per heavy atom. The molecule has 1 aromatic heterocycles. The third-order valence-electron chi connectivity index (χ3n) is 1.80. The molecule has 0 radical (unpaired) electrons. The summed E-state index contributed by atoms with van der Waals surface area (Å²) in [6.07, 6.45) is 1.59. The van der Waals surface area contributed by atoms with Gasteiger partial charge in [0.1, 0.15) is 0 Å². The summed E-state index contributed by atoms with van der Waals surface area (Å²) in [6, 6.07) is 7.42. The first-order chi connectivity index (χ1) is 6.27. The highest BCUT2D eigenvalue weighted by molar-refractivity contribution is 6.30. The average molecular weight is 194 g/mol. The zero-order chi connectivity index (χ0) is 9.26. The highest BCUT2D eigenvalue weighted by Gasteiger charge is 2.03. The van der Waals surface area contributed by atoms with Gasteiger partial charge in [0.05, 0.1) is 17.6 Å². The lowest BCUT2D eigenvalue weighted by molar-refractivity contribution is 1.10. The summed E-state index contributed by atoms with van der Waals surface area (Å²) in [7, 11) is 0. The molecule has 0 atom stereocenters. The largest absolute Gasteiger partial charge is 0.396 e. The third kappa shape index (κ3) is 1.51. The van der Waals surface area contributed by atoms with Crippen molar-refractivity contribution in [3.8, 4) is 11.3 Å². The third-order valence-corrected chi connectivity index (χ3v) is 2.05. The van der Waals surface area contributed by atoms with Crippen LogP contribution in [0.2, 0.25) is 5.02 Å². The predicted molar refractivity (Wildman–Crippen MR) is 53.4 cm³/mol. The molecule has 2 aromatic rings. The molecule has 1 aromatic carbocycles. The van der Waals surface area contributed by atoms with Crippen molar-refractivity contribution in [2.24, 2.45) is 0 Å². The van der Waals surface area contributed by atoms with Crippen LogP contribution in [0.1, 0.15) is 0 Å². The van der Waals surface area contributed by atoms with E-state index >= 15 is 0 Å². The molecule has 0 fully saturated rings. The maximum Gasteiger partial charge on any atom is 0.0879 e. The van der Waals surface area contributed by atoms with Crippen LogP contribution in [-0.4, -0.2) is 10.2 Å². The molecule has 1 heterocycles. The second kappa shape index (κ2) is 3.11. The van der Waals surface area contributed by atoms with Crippen LogP contribution in [0.15, 0.2) is 30.5 Å². The Morgan fingerprint density at radius 2 is 1.92 bits per heavy atom. The molecule has 3 N–H and O–H groups in total. The Morgan fingerprint density at radius 3 is 2.46 bits per heavy atom. The number of nitrogen functional groups attached to an aromatic ring is 1. The first-order valence-electron chi connectivity index (χ1n) is 3.82. The molecule has 0 aliphatic carbocycles. The fraction of sp³-hybridized carbons (Fsp3) is 0. The van der Waals surface area contributed by atoms with Crippen molar-refractivity contribution in [2.75, 3.05) is 5.73 Å².